The molecule has 3 rings (SSSR count). The minimum Gasteiger partial charge on any atom is -0.354 e. The number of nitrogens with zero attached hydrogens (tertiary/aromatic N) is 1. The van der Waals surface area contributed by atoms with Crippen LogP contribution in [0.2, 0.25) is 0 Å². The number of hydrogen-bond donors (Lipinski definition) is 2. The Bertz CT molecular complexity index is 926. The Hall–Kier alpha value is -3.35. The maximum atomic E-state index is 12.8. The Morgan fingerprint density at radius 1 is 0.929 bits per heavy atom. The molecule has 0 saturated heterocycles. The third-order valence-corrected chi connectivity index (χ3v) is 4.02. The van der Waals surface area contributed by atoms with Crippen LogP contribution in [0.15, 0.2) is 72.9 Å². The molecule has 144 valence electrons. The molecule has 28 heavy (non-hydrogen) atoms. The molecule has 0 radical (unpaired) electrons. The fraction of sp³-hybridized carbons (Fsp3) is 0.143. The number of halogens is 3. The summed E-state index contributed by atoms with van der Waals surface area (Å²) in [5.74, 6) is -0.304. The van der Waals surface area contributed by atoms with Gasteiger partial charge in [0.05, 0.1) is 17.4 Å². The van der Waals surface area contributed by atoms with Crippen LogP contribution in [0.5, 0.6) is 0 Å². The highest BCUT2D eigenvalue weighted by Crippen LogP contribution is 2.31. The molecule has 0 saturated carbocycles. The normalized spacial score (nSPS) is 11.1. The van der Waals surface area contributed by atoms with Gasteiger partial charge in [0.25, 0.3) is 5.91 Å². The molecule has 0 spiro atoms. The van der Waals surface area contributed by atoms with E-state index in [2.05, 4.69) is 15.6 Å². The fourth-order valence-corrected chi connectivity index (χ4v) is 2.60. The number of carbonyl (C=O) groups is 1. The first-order chi connectivity index (χ1) is 13.4. The molecule has 2 aromatic carbocycles. The predicted molar refractivity (Wildman–Crippen MR) is 101 cm³/mol. The summed E-state index contributed by atoms with van der Waals surface area (Å²) < 4.78 is 38.3. The lowest BCUT2D eigenvalue weighted by Crippen LogP contribution is -2.26. The number of aromatic nitrogens is 1. The summed E-state index contributed by atoms with van der Waals surface area (Å²) >= 11 is 0. The lowest BCUT2D eigenvalue weighted by Gasteiger charge is -2.11. The second-order valence-electron chi connectivity index (χ2n) is 6.13. The second-order valence-corrected chi connectivity index (χ2v) is 6.13. The Kier molecular flexibility index (Phi) is 5.93. The van der Waals surface area contributed by atoms with E-state index in [0.29, 0.717) is 18.7 Å². The maximum absolute atomic E-state index is 12.8. The van der Waals surface area contributed by atoms with Crippen LogP contribution in [0.4, 0.5) is 24.5 Å². The molecule has 0 fully saturated rings. The predicted octanol–water partition coefficient (Wildman–Crippen LogP) is 4.82. The van der Waals surface area contributed by atoms with Crippen LogP contribution in [-0.4, -0.2) is 17.4 Å². The highest BCUT2D eigenvalue weighted by molar-refractivity contribution is 5.92. The average Bonchev–Trinajstić information content (AvgIpc) is 2.69. The molecule has 0 unspecified atom stereocenters. The first kappa shape index (κ1) is 19.4. The molecule has 0 aliphatic heterocycles. The molecule has 0 aliphatic carbocycles. The molecule has 0 aliphatic rings. The van der Waals surface area contributed by atoms with Crippen LogP contribution >= 0.6 is 0 Å². The number of benzene rings is 2. The van der Waals surface area contributed by atoms with Gasteiger partial charge in [0, 0.05) is 12.2 Å². The van der Waals surface area contributed by atoms with E-state index in [1.54, 1.807) is 6.07 Å². The number of rotatable bonds is 6. The van der Waals surface area contributed by atoms with Crippen LogP contribution in [-0.2, 0) is 12.6 Å². The van der Waals surface area contributed by atoms with E-state index in [-0.39, 0.29) is 17.3 Å². The first-order valence-corrected chi connectivity index (χ1v) is 8.64. The number of anilines is 2. The highest BCUT2D eigenvalue weighted by Gasteiger charge is 2.30. The van der Waals surface area contributed by atoms with Gasteiger partial charge >= 0.3 is 6.18 Å². The topological polar surface area (TPSA) is 54.0 Å². The van der Waals surface area contributed by atoms with Gasteiger partial charge in [0.2, 0.25) is 0 Å². The number of carbonyl (C=O) groups excluding carboxylic acids is 1. The van der Waals surface area contributed by atoms with Crippen molar-refractivity contribution in [2.24, 2.45) is 0 Å². The van der Waals surface area contributed by atoms with Crippen LogP contribution in [0.1, 0.15) is 21.6 Å². The van der Waals surface area contributed by atoms with Crippen molar-refractivity contribution in [3.8, 4) is 0 Å². The van der Waals surface area contributed by atoms with E-state index in [0.717, 1.165) is 17.7 Å². The minimum absolute atomic E-state index is 0.239. The highest BCUT2D eigenvalue weighted by atomic mass is 19.4. The molecule has 2 N–H and O–H groups in total. The molecule has 1 aromatic heterocycles. The van der Waals surface area contributed by atoms with E-state index >= 15 is 0 Å². The van der Waals surface area contributed by atoms with Crippen molar-refractivity contribution in [3.63, 3.8) is 0 Å². The van der Waals surface area contributed by atoms with Gasteiger partial charge in [0.1, 0.15) is 5.69 Å². The largest absolute Gasteiger partial charge is 0.416 e. The van der Waals surface area contributed by atoms with Crippen molar-refractivity contribution in [1.29, 1.82) is 0 Å². The zero-order valence-corrected chi connectivity index (χ0v) is 14.8. The van der Waals surface area contributed by atoms with Gasteiger partial charge in [-0.3, -0.25) is 4.79 Å². The van der Waals surface area contributed by atoms with Gasteiger partial charge in [-0.05, 0) is 42.3 Å². The van der Waals surface area contributed by atoms with E-state index in [9.17, 15) is 18.0 Å². The Morgan fingerprint density at radius 2 is 1.71 bits per heavy atom. The van der Waals surface area contributed by atoms with Gasteiger partial charge in [-0.2, -0.15) is 13.2 Å². The van der Waals surface area contributed by atoms with Crippen LogP contribution in [0.25, 0.3) is 0 Å². The Morgan fingerprint density at radius 3 is 2.39 bits per heavy atom. The van der Waals surface area contributed by atoms with Crippen molar-refractivity contribution in [2.75, 3.05) is 11.9 Å². The Balaban J connectivity index is 1.56. The maximum Gasteiger partial charge on any atom is 0.416 e. The number of amides is 1. The third kappa shape index (κ3) is 5.33. The monoisotopic (exact) mass is 385 g/mol. The third-order valence-electron chi connectivity index (χ3n) is 4.02. The first-order valence-electron chi connectivity index (χ1n) is 8.64. The number of hydrogen-bond acceptors (Lipinski definition) is 3. The summed E-state index contributed by atoms with van der Waals surface area (Å²) in [5, 5.41) is 5.65. The van der Waals surface area contributed by atoms with Crippen molar-refractivity contribution in [2.45, 2.75) is 12.6 Å². The van der Waals surface area contributed by atoms with E-state index in [1.165, 1.54) is 24.4 Å². The lowest BCUT2D eigenvalue weighted by molar-refractivity contribution is -0.137. The molecular weight excluding hydrogens is 367 g/mol. The summed E-state index contributed by atoms with van der Waals surface area (Å²) in [7, 11) is 0. The van der Waals surface area contributed by atoms with Crippen molar-refractivity contribution in [3.05, 3.63) is 89.7 Å². The molecular formula is C21H18F3N3O. The molecule has 0 atom stereocenters. The lowest BCUT2D eigenvalue weighted by atomic mass is 10.1. The minimum atomic E-state index is -4.41. The van der Waals surface area contributed by atoms with Crippen molar-refractivity contribution < 1.29 is 18.0 Å². The van der Waals surface area contributed by atoms with Gasteiger partial charge in [-0.1, -0.05) is 36.4 Å². The second kappa shape index (κ2) is 8.56. The average molecular weight is 385 g/mol. The molecule has 1 amide bonds. The summed E-state index contributed by atoms with van der Waals surface area (Å²) in [6.07, 6.45) is -2.29. The summed E-state index contributed by atoms with van der Waals surface area (Å²) in [4.78, 5) is 16.2. The van der Waals surface area contributed by atoms with Crippen molar-refractivity contribution >= 4 is 17.3 Å². The van der Waals surface area contributed by atoms with E-state index in [4.69, 9.17) is 0 Å². The van der Waals surface area contributed by atoms with E-state index < -0.39 is 11.7 Å². The quantitative estimate of drug-likeness (QED) is 0.640. The molecule has 1 heterocycles. The van der Waals surface area contributed by atoms with Crippen LogP contribution < -0.4 is 10.6 Å². The number of alkyl halides is 3. The Labute approximate surface area is 160 Å². The number of nitrogens with one attached hydrogen (secondary N) is 2. The molecule has 4 nitrogen and oxygen atoms in total. The van der Waals surface area contributed by atoms with Crippen LogP contribution in [0, 0.1) is 0 Å². The molecule has 7 heteroatoms. The standard InChI is InChI=1S/C21H18F3N3O/c22-21(23,24)16-7-4-8-17(13-16)27-18-9-10-19(26-14-18)20(28)25-12-11-15-5-2-1-3-6-15/h1-10,13-14,27H,11-12H2,(H,25,28). The molecule has 0 bridgehead atoms. The van der Waals surface area contributed by atoms with Gasteiger partial charge in [-0.15, -0.1) is 0 Å². The summed E-state index contributed by atoms with van der Waals surface area (Å²) in [6, 6.07) is 17.8. The van der Waals surface area contributed by atoms with Crippen LogP contribution in [0.3, 0.4) is 0 Å². The zero-order valence-electron chi connectivity index (χ0n) is 14.8. The summed E-state index contributed by atoms with van der Waals surface area (Å²) in [6.45, 7) is 0.481. The zero-order chi connectivity index (χ0) is 20.0. The molecule has 3 aromatic rings. The van der Waals surface area contributed by atoms with Crippen molar-refractivity contribution in [1.82, 2.24) is 10.3 Å². The van der Waals surface area contributed by atoms with Gasteiger partial charge in [0.15, 0.2) is 0 Å². The van der Waals surface area contributed by atoms with Gasteiger partial charge in [-0.25, -0.2) is 4.98 Å². The van der Waals surface area contributed by atoms with E-state index in [1.807, 2.05) is 30.3 Å². The SMILES string of the molecule is O=C(NCCc1ccccc1)c1ccc(Nc2cccc(C(F)(F)F)c2)cn1. The summed E-state index contributed by atoms with van der Waals surface area (Å²) in [5.41, 5.74) is 1.40. The fourth-order valence-electron chi connectivity index (χ4n) is 2.60. The van der Waals surface area contributed by atoms with Gasteiger partial charge < -0.3 is 10.6 Å². The smallest absolute Gasteiger partial charge is 0.354 e. The number of pyridine rings is 1.